The first-order valence-electron chi connectivity index (χ1n) is 7.45. The Bertz CT molecular complexity index is 403. The van der Waals surface area contributed by atoms with Crippen molar-refractivity contribution in [2.45, 2.75) is 38.8 Å². The minimum Gasteiger partial charge on any atom is -0.493 e. The summed E-state index contributed by atoms with van der Waals surface area (Å²) < 4.78 is 16.9. The molecule has 4 heteroatoms. The molecule has 1 aromatic carbocycles. The second-order valence-electron chi connectivity index (χ2n) is 5.07. The van der Waals surface area contributed by atoms with Crippen molar-refractivity contribution >= 4 is 0 Å². The zero-order valence-electron chi connectivity index (χ0n) is 12.5. The van der Waals surface area contributed by atoms with Crippen molar-refractivity contribution in [3.05, 3.63) is 23.8 Å². The van der Waals surface area contributed by atoms with Gasteiger partial charge in [-0.2, -0.15) is 0 Å². The monoisotopic (exact) mass is 279 g/mol. The topological polar surface area (TPSA) is 39.7 Å². The van der Waals surface area contributed by atoms with Gasteiger partial charge in [-0.15, -0.1) is 0 Å². The molecule has 0 radical (unpaired) electrons. The Balaban J connectivity index is 1.92. The number of methoxy groups -OCH3 is 1. The Morgan fingerprint density at radius 2 is 2.20 bits per heavy atom. The molecule has 1 aliphatic rings. The van der Waals surface area contributed by atoms with Gasteiger partial charge in [-0.1, -0.05) is 13.0 Å². The summed E-state index contributed by atoms with van der Waals surface area (Å²) in [6.07, 6.45) is 3.70. The van der Waals surface area contributed by atoms with E-state index in [1.807, 2.05) is 12.1 Å². The minimum atomic E-state index is 0.217. The van der Waals surface area contributed by atoms with E-state index in [2.05, 4.69) is 18.3 Å². The standard InChI is InChI=1S/C16H25NO3/c1-3-17-11-13-7-8-15(16(10-13)18-2)20-12-14-6-4-5-9-19-14/h7-8,10,14,17H,3-6,9,11-12H2,1-2H3. The molecule has 20 heavy (non-hydrogen) atoms. The van der Waals surface area contributed by atoms with E-state index >= 15 is 0 Å². The van der Waals surface area contributed by atoms with Crippen molar-refractivity contribution in [1.29, 1.82) is 0 Å². The summed E-state index contributed by atoms with van der Waals surface area (Å²) in [7, 11) is 1.68. The highest BCUT2D eigenvalue weighted by Gasteiger charge is 2.15. The predicted octanol–water partition coefficient (Wildman–Crippen LogP) is 2.75. The van der Waals surface area contributed by atoms with Gasteiger partial charge in [0.05, 0.1) is 13.2 Å². The summed E-state index contributed by atoms with van der Waals surface area (Å²) in [5.74, 6) is 1.58. The number of hydrogen-bond donors (Lipinski definition) is 1. The molecule has 1 aliphatic heterocycles. The van der Waals surface area contributed by atoms with Gasteiger partial charge in [-0.3, -0.25) is 0 Å². The third-order valence-electron chi connectivity index (χ3n) is 3.51. The van der Waals surface area contributed by atoms with Gasteiger partial charge < -0.3 is 19.5 Å². The van der Waals surface area contributed by atoms with E-state index in [9.17, 15) is 0 Å². The molecule has 1 unspecified atom stereocenters. The molecule has 1 aromatic rings. The van der Waals surface area contributed by atoms with E-state index in [1.165, 1.54) is 18.4 Å². The van der Waals surface area contributed by atoms with Crippen LogP contribution in [0.1, 0.15) is 31.7 Å². The summed E-state index contributed by atoms with van der Waals surface area (Å²) in [4.78, 5) is 0. The Hall–Kier alpha value is -1.26. The van der Waals surface area contributed by atoms with Crippen LogP contribution in [0.4, 0.5) is 0 Å². The van der Waals surface area contributed by atoms with Crippen LogP contribution in [0.3, 0.4) is 0 Å². The van der Waals surface area contributed by atoms with Crippen LogP contribution in [0.5, 0.6) is 11.5 Å². The maximum atomic E-state index is 5.86. The van der Waals surface area contributed by atoms with Gasteiger partial charge in [-0.05, 0) is 43.5 Å². The molecule has 1 atom stereocenters. The van der Waals surface area contributed by atoms with E-state index < -0.39 is 0 Å². The minimum absolute atomic E-state index is 0.217. The SMILES string of the molecule is CCNCc1ccc(OCC2CCCCO2)c(OC)c1. The second kappa shape index (κ2) is 8.12. The Morgan fingerprint density at radius 1 is 1.30 bits per heavy atom. The lowest BCUT2D eigenvalue weighted by Gasteiger charge is -2.23. The van der Waals surface area contributed by atoms with E-state index in [4.69, 9.17) is 14.2 Å². The maximum absolute atomic E-state index is 5.86. The molecule has 2 rings (SSSR count). The molecule has 1 saturated heterocycles. The molecule has 0 spiro atoms. The summed E-state index contributed by atoms with van der Waals surface area (Å²) in [5, 5.41) is 3.30. The Morgan fingerprint density at radius 3 is 2.90 bits per heavy atom. The van der Waals surface area contributed by atoms with Gasteiger partial charge in [0.25, 0.3) is 0 Å². The van der Waals surface area contributed by atoms with E-state index in [0.29, 0.717) is 6.61 Å². The fourth-order valence-electron chi connectivity index (χ4n) is 2.33. The molecule has 1 N–H and O–H groups in total. The number of rotatable bonds is 7. The van der Waals surface area contributed by atoms with Crippen LogP contribution < -0.4 is 14.8 Å². The number of benzene rings is 1. The first-order chi connectivity index (χ1) is 9.83. The fourth-order valence-corrected chi connectivity index (χ4v) is 2.33. The molecule has 0 aromatic heterocycles. The van der Waals surface area contributed by atoms with Crippen LogP contribution in [0, 0.1) is 0 Å². The fraction of sp³-hybridized carbons (Fsp3) is 0.625. The third-order valence-corrected chi connectivity index (χ3v) is 3.51. The van der Waals surface area contributed by atoms with Gasteiger partial charge in [0.15, 0.2) is 11.5 Å². The molecular formula is C16H25NO3. The van der Waals surface area contributed by atoms with Crippen LogP contribution in [0.2, 0.25) is 0 Å². The number of hydrogen-bond acceptors (Lipinski definition) is 4. The lowest BCUT2D eigenvalue weighted by atomic mass is 10.1. The van der Waals surface area contributed by atoms with E-state index in [0.717, 1.165) is 37.6 Å². The molecule has 0 aliphatic carbocycles. The summed E-state index contributed by atoms with van der Waals surface area (Å²) in [6, 6.07) is 6.08. The largest absolute Gasteiger partial charge is 0.493 e. The molecule has 112 valence electrons. The molecular weight excluding hydrogens is 254 g/mol. The highest BCUT2D eigenvalue weighted by molar-refractivity contribution is 5.43. The van der Waals surface area contributed by atoms with Gasteiger partial charge in [0, 0.05) is 13.2 Å². The second-order valence-corrected chi connectivity index (χ2v) is 5.07. The predicted molar refractivity (Wildman–Crippen MR) is 79.5 cm³/mol. The molecule has 0 amide bonds. The van der Waals surface area contributed by atoms with Crippen molar-refractivity contribution < 1.29 is 14.2 Å². The Labute approximate surface area is 121 Å². The quantitative estimate of drug-likeness (QED) is 0.833. The molecule has 1 heterocycles. The Kier molecular flexibility index (Phi) is 6.15. The molecule has 1 fully saturated rings. The van der Waals surface area contributed by atoms with Crippen molar-refractivity contribution in [3.8, 4) is 11.5 Å². The van der Waals surface area contributed by atoms with Gasteiger partial charge in [-0.25, -0.2) is 0 Å². The summed E-state index contributed by atoms with van der Waals surface area (Å²) in [6.45, 7) is 5.35. The van der Waals surface area contributed by atoms with Crippen LogP contribution in [-0.2, 0) is 11.3 Å². The maximum Gasteiger partial charge on any atom is 0.161 e. The molecule has 4 nitrogen and oxygen atoms in total. The summed E-state index contributed by atoms with van der Waals surface area (Å²) in [5.41, 5.74) is 1.20. The lowest BCUT2D eigenvalue weighted by Crippen LogP contribution is -2.25. The van der Waals surface area contributed by atoms with Crippen LogP contribution in [0.25, 0.3) is 0 Å². The van der Waals surface area contributed by atoms with Crippen molar-refractivity contribution in [1.82, 2.24) is 5.32 Å². The normalized spacial score (nSPS) is 18.8. The van der Waals surface area contributed by atoms with Crippen molar-refractivity contribution in [2.75, 3.05) is 26.9 Å². The zero-order valence-corrected chi connectivity index (χ0v) is 12.5. The van der Waals surface area contributed by atoms with Gasteiger partial charge >= 0.3 is 0 Å². The first-order valence-corrected chi connectivity index (χ1v) is 7.45. The highest BCUT2D eigenvalue weighted by Crippen LogP contribution is 2.28. The van der Waals surface area contributed by atoms with E-state index in [1.54, 1.807) is 7.11 Å². The van der Waals surface area contributed by atoms with Gasteiger partial charge in [0.2, 0.25) is 0 Å². The third kappa shape index (κ3) is 4.39. The zero-order chi connectivity index (χ0) is 14.2. The van der Waals surface area contributed by atoms with E-state index in [-0.39, 0.29) is 6.10 Å². The van der Waals surface area contributed by atoms with Gasteiger partial charge in [0.1, 0.15) is 6.61 Å². The molecule has 0 saturated carbocycles. The lowest BCUT2D eigenvalue weighted by molar-refractivity contribution is -0.0114. The highest BCUT2D eigenvalue weighted by atomic mass is 16.5. The van der Waals surface area contributed by atoms with Crippen molar-refractivity contribution in [2.24, 2.45) is 0 Å². The number of nitrogens with one attached hydrogen (secondary N) is 1. The summed E-state index contributed by atoms with van der Waals surface area (Å²) >= 11 is 0. The molecule has 0 bridgehead atoms. The average Bonchev–Trinajstić information content (AvgIpc) is 2.52. The smallest absolute Gasteiger partial charge is 0.161 e. The van der Waals surface area contributed by atoms with Crippen LogP contribution in [0.15, 0.2) is 18.2 Å². The average molecular weight is 279 g/mol. The van der Waals surface area contributed by atoms with Crippen LogP contribution in [-0.4, -0.2) is 33.0 Å². The number of ether oxygens (including phenoxy) is 3. The van der Waals surface area contributed by atoms with Crippen LogP contribution >= 0.6 is 0 Å². The van der Waals surface area contributed by atoms with Crippen molar-refractivity contribution in [3.63, 3.8) is 0 Å². The first kappa shape index (κ1) is 15.1.